The predicted molar refractivity (Wildman–Crippen MR) is 189 cm³/mol. The van der Waals surface area contributed by atoms with Gasteiger partial charge in [-0.15, -0.1) is 0 Å². The Labute approximate surface area is 290 Å². The van der Waals surface area contributed by atoms with Crippen LogP contribution in [0.25, 0.3) is 11.1 Å². The number of carbonyl (C=O) groups is 2. The average Bonchev–Trinajstić information content (AvgIpc) is 3.12. The normalized spacial score (nSPS) is 11.2. The SMILES string of the molecule is CCCCCCCCCCCCOc1ccc(-c2ccc(C(=O)Oc3cc(C(=O)OC(CCCC)CCCC)c(F)c(F)c3F)cc2)cc1. The molecule has 0 aliphatic rings. The zero-order valence-corrected chi connectivity index (χ0v) is 29.5. The second-order valence-corrected chi connectivity index (χ2v) is 12.7. The summed E-state index contributed by atoms with van der Waals surface area (Å²) in [5.74, 6) is -7.54. The predicted octanol–water partition coefficient (Wildman–Crippen LogP) is 12.2. The lowest BCUT2D eigenvalue weighted by Crippen LogP contribution is -2.20. The van der Waals surface area contributed by atoms with Crippen molar-refractivity contribution < 1.29 is 37.0 Å². The van der Waals surface area contributed by atoms with E-state index in [-0.39, 0.29) is 5.56 Å². The molecule has 8 heteroatoms. The fraction of sp³-hybridized carbons (Fsp3) is 0.512. The van der Waals surface area contributed by atoms with Crippen LogP contribution >= 0.6 is 0 Å². The third-order valence-corrected chi connectivity index (χ3v) is 8.64. The van der Waals surface area contributed by atoms with Gasteiger partial charge in [0.1, 0.15) is 17.4 Å². The standard InChI is InChI=1S/C41H53F3O5/c1-4-7-10-11-12-13-14-15-16-17-28-47-33-26-24-31(25-27-33)30-20-22-32(23-21-30)40(45)49-36-29-35(37(42)39(44)38(36)43)41(46)48-34(18-8-5-2)19-9-6-3/h20-27,29,34H,4-19,28H2,1-3H3. The van der Waals surface area contributed by atoms with E-state index < -0.39 is 46.8 Å². The molecule has 0 aliphatic carbocycles. The minimum Gasteiger partial charge on any atom is -0.494 e. The molecular formula is C41H53F3O5. The first kappa shape index (κ1) is 39.6. The highest BCUT2D eigenvalue weighted by Crippen LogP contribution is 2.29. The van der Waals surface area contributed by atoms with Crippen LogP contribution in [0.2, 0.25) is 0 Å². The number of rotatable bonds is 23. The number of ether oxygens (including phenoxy) is 3. The molecule has 3 aromatic rings. The molecule has 0 unspecified atom stereocenters. The number of carbonyl (C=O) groups excluding carboxylic acids is 2. The highest BCUT2D eigenvalue weighted by atomic mass is 19.2. The average molecular weight is 683 g/mol. The van der Waals surface area contributed by atoms with Crippen molar-refractivity contribution in [1.82, 2.24) is 0 Å². The Balaban J connectivity index is 1.53. The quantitative estimate of drug-likeness (QED) is 0.0431. The van der Waals surface area contributed by atoms with Gasteiger partial charge in [-0.2, -0.15) is 4.39 Å². The van der Waals surface area contributed by atoms with E-state index in [0.717, 1.165) is 55.4 Å². The van der Waals surface area contributed by atoms with Crippen molar-refractivity contribution in [2.45, 2.75) is 130 Å². The lowest BCUT2D eigenvalue weighted by molar-refractivity contribution is 0.0243. The maximum absolute atomic E-state index is 14.6. The van der Waals surface area contributed by atoms with E-state index in [1.807, 2.05) is 38.1 Å². The molecule has 0 atom stereocenters. The van der Waals surface area contributed by atoms with Gasteiger partial charge in [-0.25, -0.2) is 18.4 Å². The molecule has 0 spiro atoms. The summed E-state index contributed by atoms with van der Waals surface area (Å²) in [5.41, 5.74) is 0.957. The van der Waals surface area contributed by atoms with Crippen LogP contribution < -0.4 is 9.47 Å². The second-order valence-electron chi connectivity index (χ2n) is 12.7. The summed E-state index contributed by atoms with van der Waals surface area (Å²) < 4.78 is 60.3. The van der Waals surface area contributed by atoms with Crippen LogP contribution in [0.3, 0.4) is 0 Å². The maximum atomic E-state index is 14.6. The van der Waals surface area contributed by atoms with Gasteiger partial charge in [0.25, 0.3) is 0 Å². The molecule has 0 N–H and O–H groups in total. The maximum Gasteiger partial charge on any atom is 0.343 e. The molecule has 49 heavy (non-hydrogen) atoms. The first-order chi connectivity index (χ1) is 23.8. The Kier molecular flexibility index (Phi) is 17.8. The molecule has 0 heterocycles. The number of unbranched alkanes of at least 4 members (excludes halogenated alkanes) is 11. The van der Waals surface area contributed by atoms with Crippen molar-refractivity contribution in [3.05, 3.63) is 83.2 Å². The number of hydrogen-bond acceptors (Lipinski definition) is 5. The molecule has 268 valence electrons. The fourth-order valence-corrected chi connectivity index (χ4v) is 5.62. The van der Waals surface area contributed by atoms with Crippen molar-refractivity contribution in [2.24, 2.45) is 0 Å². The molecule has 0 saturated heterocycles. The third kappa shape index (κ3) is 13.2. The molecule has 0 aromatic heterocycles. The molecule has 0 radical (unpaired) electrons. The third-order valence-electron chi connectivity index (χ3n) is 8.64. The summed E-state index contributed by atoms with van der Waals surface area (Å²) in [7, 11) is 0. The second kappa shape index (κ2) is 22.0. The van der Waals surface area contributed by atoms with Crippen molar-refractivity contribution in [3.8, 4) is 22.6 Å². The van der Waals surface area contributed by atoms with Gasteiger partial charge in [0.2, 0.25) is 5.82 Å². The Morgan fingerprint density at radius 1 is 0.592 bits per heavy atom. The van der Waals surface area contributed by atoms with E-state index in [9.17, 15) is 22.8 Å². The van der Waals surface area contributed by atoms with Crippen molar-refractivity contribution in [1.29, 1.82) is 0 Å². The first-order valence-corrected chi connectivity index (χ1v) is 18.2. The molecule has 0 aliphatic heterocycles. The van der Waals surface area contributed by atoms with Gasteiger partial charge in [-0.1, -0.05) is 129 Å². The smallest absolute Gasteiger partial charge is 0.343 e. The van der Waals surface area contributed by atoms with Crippen LogP contribution in [-0.4, -0.2) is 24.6 Å². The molecular weight excluding hydrogens is 629 g/mol. The van der Waals surface area contributed by atoms with E-state index in [4.69, 9.17) is 14.2 Å². The van der Waals surface area contributed by atoms with E-state index in [1.165, 1.54) is 63.5 Å². The lowest BCUT2D eigenvalue weighted by atomic mass is 10.0. The molecule has 0 saturated carbocycles. The van der Waals surface area contributed by atoms with Gasteiger partial charge in [0, 0.05) is 6.07 Å². The number of esters is 2. The van der Waals surface area contributed by atoms with Crippen LogP contribution in [0.1, 0.15) is 144 Å². The monoisotopic (exact) mass is 682 g/mol. The van der Waals surface area contributed by atoms with E-state index in [2.05, 4.69) is 6.92 Å². The number of benzene rings is 3. The summed E-state index contributed by atoms with van der Waals surface area (Å²) in [5, 5.41) is 0. The van der Waals surface area contributed by atoms with Gasteiger partial charge in [0.15, 0.2) is 17.4 Å². The molecule has 5 nitrogen and oxygen atoms in total. The first-order valence-electron chi connectivity index (χ1n) is 18.2. The summed E-state index contributed by atoms with van der Waals surface area (Å²) >= 11 is 0. The highest BCUT2D eigenvalue weighted by Gasteiger charge is 2.27. The van der Waals surface area contributed by atoms with Gasteiger partial charge in [-0.3, -0.25) is 0 Å². The van der Waals surface area contributed by atoms with Gasteiger partial charge in [0.05, 0.1) is 12.2 Å². The summed E-state index contributed by atoms with van der Waals surface area (Å²) in [6, 6.07) is 14.7. The summed E-state index contributed by atoms with van der Waals surface area (Å²) in [4.78, 5) is 25.7. The largest absolute Gasteiger partial charge is 0.494 e. The molecule has 0 bridgehead atoms. The highest BCUT2D eigenvalue weighted by molar-refractivity contribution is 5.93. The summed E-state index contributed by atoms with van der Waals surface area (Å²) in [6.45, 7) is 6.90. The Hall–Kier alpha value is -3.81. The molecule has 0 amide bonds. The van der Waals surface area contributed by atoms with Gasteiger partial charge >= 0.3 is 11.9 Å². The lowest BCUT2D eigenvalue weighted by Gasteiger charge is -2.18. The zero-order chi connectivity index (χ0) is 35.4. The van der Waals surface area contributed by atoms with Crippen LogP contribution in [0.4, 0.5) is 13.2 Å². The fourth-order valence-electron chi connectivity index (χ4n) is 5.62. The minimum absolute atomic E-state index is 0.0626. The Bertz CT molecular complexity index is 1410. The summed E-state index contributed by atoms with van der Waals surface area (Å²) in [6.07, 6.45) is 16.7. The molecule has 3 aromatic carbocycles. The van der Waals surface area contributed by atoms with Crippen LogP contribution in [0.5, 0.6) is 11.5 Å². The van der Waals surface area contributed by atoms with Crippen LogP contribution in [0.15, 0.2) is 54.6 Å². The van der Waals surface area contributed by atoms with Crippen LogP contribution in [-0.2, 0) is 4.74 Å². The van der Waals surface area contributed by atoms with Gasteiger partial charge < -0.3 is 14.2 Å². The number of hydrogen-bond donors (Lipinski definition) is 0. The zero-order valence-electron chi connectivity index (χ0n) is 29.5. The van der Waals surface area contributed by atoms with E-state index >= 15 is 0 Å². The van der Waals surface area contributed by atoms with Crippen molar-refractivity contribution in [2.75, 3.05) is 6.61 Å². The van der Waals surface area contributed by atoms with E-state index in [0.29, 0.717) is 25.5 Å². The molecule has 3 rings (SSSR count). The van der Waals surface area contributed by atoms with E-state index in [1.54, 1.807) is 12.1 Å². The number of halogens is 3. The topological polar surface area (TPSA) is 61.8 Å². The molecule has 0 fully saturated rings. The van der Waals surface area contributed by atoms with Crippen LogP contribution in [0, 0.1) is 17.5 Å². The minimum atomic E-state index is -1.91. The van der Waals surface area contributed by atoms with Crippen molar-refractivity contribution in [3.63, 3.8) is 0 Å². The van der Waals surface area contributed by atoms with Crippen molar-refractivity contribution >= 4 is 11.9 Å². The Morgan fingerprint density at radius 2 is 1.10 bits per heavy atom. The van der Waals surface area contributed by atoms with Gasteiger partial charge in [-0.05, 0) is 54.7 Å². The Morgan fingerprint density at radius 3 is 1.65 bits per heavy atom.